The van der Waals surface area contributed by atoms with Gasteiger partial charge >= 0.3 is 0 Å². The lowest BCUT2D eigenvalue weighted by Gasteiger charge is -2.26. The van der Waals surface area contributed by atoms with E-state index in [2.05, 4.69) is 5.32 Å². The zero-order chi connectivity index (χ0) is 16.1. The minimum Gasteiger partial charge on any atom is -0.348 e. The summed E-state index contributed by atoms with van der Waals surface area (Å²) in [6.45, 7) is 2.27. The Balaban J connectivity index is 1.93. The Morgan fingerprint density at radius 2 is 2.09 bits per heavy atom. The summed E-state index contributed by atoms with van der Waals surface area (Å²) in [5, 5.41) is 3.54. The van der Waals surface area contributed by atoms with Gasteiger partial charge in [-0.3, -0.25) is 4.79 Å². The van der Waals surface area contributed by atoms with E-state index >= 15 is 0 Å². The highest BCUT2D eigenvalue weighted by molar-refractivity contribution is 6.31. The molecule has 0 aliphatic heterocycles. The SMILES string of the molecule is C[C@@H](C(=O)NC1CCCCC1)[NH+](C)Cc1c(F)cccc1Cl. The molecule has 1 unspecified atom stereocenters. The maximum atomic E-state index is 13.8. The predicted molar refractivity (Wildman–Crippen MR) is 86.5 cm³/mol. The van der Waals surface area contributed by atoms with Crippen molar-refractivity contribution in [3.05, 3.63) is 34.6 Å². The number of carbonyl (C=O) groups is 1. The van der Waals surface area contributed by atoms with Crippen molar-refractivity contribution in [2.24, 2.45) is 0 Å². The quantitative estimate of drug-likeness (QED) is 0.855. The first-order chi connectivity index (χ1) is 10.5. The van der Waals surface area contributed by atoms with Crippen molar-refractivity contribution in [3.8, 4) is 0 Å². The third-order valence-corrected chi connectivity index (χ3v) is 4.96. The number of quaternary nitrogens is 1. The van der Waals surface area contributed by atoms with Gasteiger partial charge in [-0.1, -0.05) is 36.9 Å². The number of likely N-dealkylation sites (N-methyl/N-ethyl adjacent to an activating group) is 1. The molecule has 22 heavy (non-hydrogen) atoms. The number of hydrogen-bond acceptors (Lipinski definition) is 1. The van der Waals surface area contributed by atoms with E-state index in [1.165, 1.54) is 25.3 Å². The van der Waals surface area contributed by atoms with E-state index in [-0.39, 0.29) is 17.8 Å². The number of rotatable bonds is 5. The molecule has 2 atom stereocenters. The summed E-state index contributed by atoms with van der Waals surface area (Å²) in [6.07, 6.45) is 5.77. The van der Waals surface area contributed by atoms with Gasteiger partial charge in [-0.15, -0.1) is 0 Å². The van der Waals surface area contributed by atoms with Crippen molar-refractivity contribution in [1.29, 1.82) is 0 Å². The third-order valence-electron chi connectivity index (χ3n) is 4.60. The van der Waals surface area contributed by atoms with Gasteiger partial charge < -0.3 is 10.2 Å². The smallest absolute Gasteiger partial charge is 0.278 e. The summed E-state index contributed by atoms with van der Waals surface area (Å²) in [7, 11) is 1.90. The van der Waals surface area contributed by atoms with Gasteiger partial charge in [0.25, 0.3) is 5.91 Å². The Labute approximate surface area is 136 Å². The number of nitrogens with one attached hydrogen (secondary N) is 2. The van der Waals surface area contributed by atoms with Crippen LogP contribution in [0, 0.1) is 5.82 Å². The Morgan fingerprint density at radius 1 is 1.41 bits per heavy atom. The molecule has 0 aromatic heterocycles. The second-order valence-corrected chi connectivity index (χ2v) is 6.70. The molecule has 0 bridgehead atoms. The lowest BCUT2D eigenvalue weighted by molar-refractivity contribution is -0.908. The highest BCUT2D eigenvalue weighted by Crippen LogP contribution is 2.18. The standard InChI is InChI=1S/C17H24ClFN2O/c1-12(17(22)20-13-7-4-3-5-8-13)21(2)11-14-15(18)9-6-10-16(14)19/h6,9-10,12-13H,3-5,7-8,11H2,1-2H3,(H,20,22)/p+1/t12-/m0/s1. The molecule has 0 radical (unpaired) electrons. The van der Waals surface area contributed by atoms with E-state index < -0.39 is 0 Å². The molecule has 0 heterocycles. The predicted octanol–water partition coefficient (Wildman–Crippen LogP) is 2.33. The molecule has 1 fully saturated rings. The molecule has 3 nitrogen and oxygen atoms in total. The lowest BCUT2D eigenvalue weighted by Crippen LogP contribution is -3.12. The van der Waals surface area contributed by atoms with Gasteiger partial charge in [-0.25, -0.2) is 4.39 Å². The minimum atomic E-state index is -0.313. The van der Waals surface area contributed by atoms with Crippen LogP contribution in [-0.4, -0.2) is 25.0 Å². The number of halogens is 2. The first kappa shape index (κ1) is 17.2. The fourth-order valence-corrected chi connectivity index (χ4v) is 3.16. The van der Waals surface area contributed by atoms with Crippen LogP contribution >= 0.6 is 11.6 Å². The Kier molecular flexibility index (Phi) is 6.21. The Morgan fingerprint density at radius 3 is 2.73 bits per heavy atom. The Hall–Kier alpha value is -1.13. The molecule has 2 N–H and O–H groups in total. The maximum Gasteiger partial charge on any atom is 0.278 e. The second-order valence-electron chi connectivity index (χ2n) is 6.29. The highest BCUT2D eigenvalue weighted by Gasteiger charge is 2.26. The number of amides is 1. The summed E-state index contributed by atoms with van der Waals surface area (Å²) >= 11 is 6.06. The summed E-state index contributed by atoms with van der Waals surface area (Å²) in [4.78, 5) is 13.3. The molecule has 1 saturated carbocycles. The van der Waals surface area contributed by atoms with Crippen LogP contribution in [0.2, 0.25) is 5.02 Å². The van der Waals surface area contributed by atoms with Crippen molar-refractivity contribution in [3.63, 3.8) is 0 Å². The minimum absolute atomic E-state index is 0.0388. The molecule has 1 amide bonds. The molecule has 1 aromatic carbocycles. The monoisotopic (exact) mass is 327 g/mol. The van der Waals surface area contributed by atoms with Crippen LogP contribution in [0.3, 0.4) is 0 Å². The number of carbonyl (C=O) groups excluding carboxylic acids is 1. The normalized spacial score (nSPS) is 18.7. The highest BCUT2D eigenvalue weighted by atomic mass is 35.5. The van der Waals surface area contributed by atoms with Crippen LogP contribution in [0.1, 0.15) is 44.6 Å². The van der Waals surface area contributed by atoms with Crippen LogP contribution in [0.5, 0.6) is 0 Å². The first-order valence-corrected chi connectivity index (χ1v) is 8.42. The molecule has 0 spiro atoms. The van der Waals surface area contributed by atoms with Crippen molar-refractivity contribution in [2.75, 3.05) is 7.05 Å². The number of hydrogen-bond donors (Lipinski definition) is 2. The van der Waals surface area contributed by atoms with E-state index in [1.807, 2.05) is 14.0 Å². The van der Waals surface area contributed by atoms with Crippen molar-refractivity contribution in [2.45, 2.75) is 57.7 Å². The second kappa shape index (κ2) is 7.93. The molecule has 1 aromatic rings. The van der Waals surface area contributed by atoms with Gasteiger partial charge in [0, 0.05) is 6.04 Å². The van der Waals surface area contributed by atoms with E-state index in [9.17, 15) is 9.18 Å². The lowest BCUT2D eigenvalue weighted by atomic mass is 9.95. The van der Waals surface area contributed by atoms with Crippen LogP contribution in [-0.2, 0) is 11.3 Å². The number of benzene rings is 1. The average molecular weight is 328 g/mol. The van der Waals surface area contributed by atoms with Crippen molar-refractivity contribution < 1.29 is 14.1 Å². The van der Waals surface area contributed by atoms with Gasteiger partial charge in [-0.2, -0.15) is 0 Å². The summed E-state index contributed by atoms with van der Waals surface area (Å²) in [6, 6.07) is 4.74. The molecule has 0 saturated heterocycles. The molecular weight excluding hydrogens is 303 g/mol. The van der Waals surface area contributed by atoms with Gasteiger partial charge in [0.05, 0.1) is 17.6 Å². The third kappa shape index (κ3) is 4.43. The van der Waals surface area contributed by atoms with Crippen LogP contribution in [0.15, 0.2) is 18.2 Å². The van der Waals surface area contributed by atoms with Crippen LogP contribution in [0.4, 0.5) is 4.39 Å². The van der Waals surface area contributed by atoms with Gasteiger partial charge in [0.2, 0.25) is 0 Å². The van der Waals surface area contributed by atoms with Crippen molar-refractivity contribution in [1.82, 2.24) is 5.32 Å². The molecule has 5 heteroatoms. The van der Waals surface area contributed by atoms with Crippen LogP contribution < -0.4 is 10.2 Å². The Bertz CT molecular complexity index is 497. The van der Waals surface area contributed by atoms with Crippen molar-refractivity contribution >= 4 is 17.5 Å². The fourth-order valence-electron chi connectivity index (χ4n) is 2.93. The zero-order valence-corrected chi connectivity index (χ0v) is 14.0. The summed E-state index contributed by atoms with van der Waals surface area (Å²) in [5.74, 6) is -0.274. The van der Waals surface area contributed by atoms with Gasteiger partial charge in [-0.05, 0) is 31.9 Å². The van der Waals surface area contributed by atoms with Gasteiger partial charge in [0.15, 0.2) is 6.04 Å². The molecular formula is C17H25ClFN2O+. The van der Waals surface area contributed by atoms with E-state index in [0.717, 1.165) is 17.7 Å². The molecule has 122 valence electrons. The maximum absolute atomic E-state index is 13.8. The van der Waals surface area contributed by atoms with Crippen LogP contribution in [0.25, 0.3) is 0 Å². The zero-order valence-electron chi connectivity index (χ0n) is 13.3. The van der Waals surface area contributed by atoms with Gasteiger partial charge in [0.1, 0.15) is 12.4 Å². The molecule has 2 rings (SSSR count). The largest absolute Gasteiger partial charge is 0.348 e. The molecule has 1 aliphatic carbocycles. The molecule has 1 aliphatic rings. The van der Waals surface area contributed by atoms with E-state index in [0.29, 0.717) is 23.2 Å². The fraction of sp³-hybridized carbons (Fsp3) is 0.588. The first-order valence-electron chi connectivity index (χ1n) is 8.04. The topological polar surface area (TPSA) is 33.5 Å². The van der Waals surface area contributed by atoms with E-state index in [1.54, 1.807) is 12.1 Å². The summed E-state index contributed by atoms with van der Waals surface area (Å²) < 4.78 is 13.8. The van der Waals surface area contributed by atoms with E-state index in [4.69, 9.17) is 11.6 Å². The summed E-state index contributed by atoms with van der Waals surface area (Å²) in [5.41, 5.74) is 0.471. The average Bonchev–Trinajstić information content (AvgIpc) is 2.51.